The predicted octanol–water partition coefficient (Wildman–Crippen LogP) is 5.73. The third-order valence-electron chi connectivity index (χ3n) is 4.30. The fourth-order valence-electron chi connectivity index (χ4n) is 2.95. The monoisotopic (exact) mass is 397 g/mol. The van der Waals surface area contributed by atoms with Gasteiger partial charge in [-0.25, -0.2) is 9.37 Å². The Morgan fingerprint density at radius 3 is 2.57 bits per heavy atom. The zero-order valence-corrected chi connectivity index (χ0v) is 15.4. The highest BCUT2D eigenvalue weighted by atomic mass is 35.5. The second-order valence-corrected chi connectivity index (χ2v) is 6.56. The van der Waals surface area contributed by atoms with Crippen molar-refractivity contribution < 1.29 is 14.1 Å². The highest BCUT2D eigenvalue weighted by Crippen LogP contribution is 2.34. The van der Waals surface area contributed by atoms with Gasteiger partial charge in [0.05, 0.1) is 22.0 Å². The van der Waals surface area contributed by atoms with Crippen LogP contribution in [0.5, 0.6) is 11.5 Å². The first-order valence-electron chi connectivity index (χ1n) is 8.26. The molecule has 4 aromatic rings. The molecule has 0 spiro atoms. The first-order valence-corrected chi connectivity index (χ1v) is 8.64. The molecule has 0 aliphatic heterocycles. The molecule has 0 radical (unpaired) electrons. The van der Waals surface area contributed by atoms with Gasteiger partial charge in [0, 0.05) is 23.7 Å². The van der Waals surface area contributed by atoms with Crippen LogP contribution in [-0.4, -0.2) is 14.5 Å². The number of halogens is 2. The van der Waals surface area contributed by atoms with Crippen LogP contribution in [0.2, 0.25) is 5.02 Å². The summed E-state index contributed by atoms with van der Waals surface area (Å²) in [5, 5.41) is 11.8. The van der Waals surface area contributed by atoms with Gasteiger partial charge in [-0.1, -0.05) is 11.6 Å². The molecule has 0 N–H and O–H groups in total. The van der Waals surface area contributed by atoms with E-state index in [1.165, 1.54) is 6.07 Å². The van der Waals surface area contributed by atoms with E-state index in [-0.39, 0.29) is 5.75 Å². The van der Waals surface area contributed by atoms with Crippen molar-refractivity contribution in [2.24, 2.45) is 7.05 Å². The fourth-order valence-corrected chi connectivity index (χ4v) is 3.07. The summed E-state index contributed by atoms with van der Waals surface area (Å²) >= 11 is 5.95. The van der Waals surface area contributed by atoms with E-state index in [0.717, 1.165) is 29.0 Å². The summed E-state index contributed by atoms with van der Waals surface area (Å²) in [6, 6.07) is 15.7. The van der Waals surface area contributed by atoms with Crippen molar-refractivity contribution >= 4 is 28.3 Å². The lowest BCUT2D eigenvalue weighted by atomic mass is 10.2. The van der Waals surface area contributed by atoms with Crippen molar-refractivity contribution in [3.8, 4) is 22.9 Å². The lowest BCUT2D eigenvalue weighted by Gasteiger charge is -2.06. The molecule has 0 saturated heterocycles. The molecule has 0 aliphatic rings. The van der Waals surface area contributed by atoms with Gasteiger partial charge < -0.3 is 9.30 Å². The van der Waals surface area contributed by atoms with Crippen LogP contribution in [0.15, 0.2) is 60.7 Å². The predicted molar refractivity (Wildman–Crippen MR) is 104 cm³/mol. The molecule has 0 amide bonds. The maximum atomic E-state index is 13.3. The summed E-state index contributed by atoms with van der Waals surface area (Å²) in [7, 11) is 1.89. The van der Waals surface area contributed by atoms with Crippen LogP contribution < -0.4 is 4.74 Å². The summed E-state index contributed by atoms with van der Waals surface area (Å²) in [5.74, 6) is 0.367. The topological polar surface area (TPSA) is 70.2 Å². The molecular weight excluding hydrogens is 385 g/mol. The van der Waals surface area contributed by atoms with Crippen molar-refractivity contribution in [2.45, 2.75) is 0 Å². The molecule has 0 saturated carbocycles. The minimum absolute atomic E-state index is 0.0420. The number of rotatable bonds is 4. The fraction of sp³-hybridized carbons (Fsp3) is 0.0500. The first-order chi connectivity index (χ1) is 13.4. The highest BCUT2D eigenvalue weighted by molar-refractivity contribution is 6.30. The Morgan fingerprint density at radius 1 is 1.11 bits per heavy atom. The van der Waals surface area contributed by atoms with Crippen molar-refractivity contribution in [3.05, 3.63) is 81.6 Å². The SMILES string of the molecule is Cn1c(-c2ccc(Cl)cc2)nc2cc(Oc3ccc(F)cc3[N+](=O)[O-])ccc21. The van der Waals surface area contributed by atoms with Gasteiger partial charge in [-0.15, -0.1) is 0 Å². The average molecular weight is 398 g/mol. The Balaban J connectivity index is 1.73. The molecule has 4 rings (SSSR count). The van der Waals surface area contributed by atoms with Crippen molar-refractivity contribution in [1.82, 2.24) is 9.55 Å². The van der Waals surface area contributed by atoms with Gasteiger partial charge in [-0.3, -0.25) is 10.1 Å². The molecule has 28 heavy (non-hydrogen) atoms. The molecule has 6 nitrogen and oxygen atoms in total. The van der Waals surface area contributed by atoms with E-state index in [0.29, 0.717) is 16.3 Å². The van der Waals surface area contributed by atoms with E-state index in [1.807, 2.05) is 29.8 Å². The summed E-state index contributed by atoms with van der Waals surface area (Å²) in [5.41, 5.74) is 1.99. The Labute approximate surface area is 163 Å². The summed E-state index contributed by atoms with van der Waals surface area (Å²) < 4.78 is 20.9. The number of aryl methyl sites for hydroxylation is 1. The minimum atomic E-state index is -0.702. The van der Waals surface area contributed by atoms with E-state index >= 15 is 0 Å². The van der Waals surface area contributed by atoms with E-state index in [1.54, 1.807) is 24.3 Å². The molecule has 140 valence electrons. The Bertz CT molecular complexity index is 1210. The van der Waals surface area contributed by atoms with Crippen LogP contribution in [0, 0.1) is 15.9 Å². The van der Waals surface area contributed by atoms with Crippen LogP contribution in [-0.2, 0) is 7.05 Å². The second kappa shape index (κ2) is 6.94. The summed E-state index contributed by atoms with van der Waals surface area (Å²) in [6.45, 7) is 0. The van der Waals surface area contributed by atoms with Crippen LogP contribution in [0.1, 0.15) is 0 Å². The zero-order valence-electron chi connectivity index (χ0n) is 14.6. The van der Waals surface area contributed by atoms with E-state index < -0.39 is 16.4 Å². The molecule has 0 fully saturated rings. The van der Waals surface area contributed by atoms with Gasteiger partial charge in [-0.05, 0) is 48.5 Å². The van der Waals surface area contributed by atoms with Crippen molar-refractivity contribution in [2.75, 3.05) is 0 Å². The van der Waals surface area contributed by atoms with Crippen molar-refractivity contribution in [1.29, 1.82) is 0 Å². The molecule has 8 heteroatoms. The first kappa shape index (κ1) is 17.9. The van der Waals surface area contributed by atoms with E-state index in [4.69, 9.17) is 16.3 Å². The molecule has 0 atom stereocenters. The lowest BCUT2D eigenvalue weighted by Crippen LogP contribution is -1.94. The normalized spacial score (nSPS) is 11.0. The van der Waals surface area contributed by atoms with Gasteiger partial charge >= 0.3 is 5.69 Å². The third-order valence-corrected chi connectivity index (χ3v) is 4.55. The molecule has 1 aromatic heterocycles. The third kappa shape index (κ3) is 3.27. The largest absolute Gasteiger partial charge is 0.450 e. The van der Waals surface area contributed by atoms with Crippen LogP contribution in [0.4, 0.5) is 10.1 Å². The molecule has 0 aliphatic carbocycles. The Kier molecular flexibility index (Phi) is 4.44. The maximum Gasteiger partial charge on any atom is 0.314 e. The molecule has 0 unspecified atom stereocenters. The maximum absolute atomic E-state index is 13.3. The number of nitro benzene ring substituents is 1. The molecular formula is C20H13ClFN3O3. The van der Waals surface area contributed by atoms with Gasteiger partial charge in [0.15, 0.2) is 0 Å². The number of hydrogen-bond donors (Lipinski definition) is 0. The number of imidazole rings is 1. The molecule has 0 bridgehead atoms. The second-order valence-electron chi connectivity index (χ2n) is 6.12. The average Bonchev–Trinajstić information content (AvgIpc) is 3.00. The number of nitrogens with zero attached hydrogens (tertiary/aromatic N) is 3. The van der Waals surface area contributed by atoms with Gasteiger partial charge in [0.2, 0.25) is 5.75 Å². The van der Waals surface area contributed by atoms with E-state index in [9.17, 15) is 14.5 Å². The highest BCUT2D eigenvalue weighted by Gasteiger charge is 2.18. The van der Waals surface area contributed by atoms with Crippen LogP contribution in [0.25, 0.3) is 22.4 Å². The zero-order chi connectivity index (χ0) is 19.8. The van der Waals surface area contributed by atoms with Gasteiger partial charge in [0.1, 0.15) is 17.4 Å². The quantitative estimate of drug-likeness (QED) is 0.325. The Morgan fingerprint density at radius 2 is 1.86 bits per heavy atom. The molecule has 1 heterocycles. The standard InChI is InChI=1S/C20H13ClFN3O3/c1-24-17-8-7-15(28-19-9-6-14(22)10-18(19)25(26)27)11-16(17)23-20(24)12-2-4-13(21)5-3-12/h2-11H,1H3. The van der Waals surface area contributed by atoms with Gasteiger partial charge in [-0.2, -0.15) is 0 Å². The number of aromatic nitrogens is 2. The van der Waals surface area contributed by atoms with E-state index in [2.05, 4.69) is 4.98 Å². The number of hydrogen-bond acceptors (Lipinski definition) is 4. The summed E-state index contributed by atoms with van der Waals surface area (Å²) in [6.07, 6.45) is 0. The lowest BCUT2D eigenvalue weighted by molar-refractivity contribution is -0.385. The van der Waals surface area contributed by atoms with Gasteiger partial charge in [0.25, 0.3) is 0 Å². The summed E-state index contributed by atoms with van der Waals surface area (Å²) in [4.78, 5) is 15.1. The van der Waals surface area contributed by atoms with Crippen molar-refractivity contribution in [3.63, 3.8) is 0 Å². The number of fused-ring (bicyclic) bond motifs is 1. The minimum Gasteiger partial charge on any atom is -0.450 e. The van der Waals surface area contributed by atoms with Crippen LogP contribution >= 0.6 is 11.6 Å². The number of benzene rings is 3. The number of ether oxygens (including phenoxy) is 1. The molecule has 3 aromatic carbocycles. The number of nitro groups is 1. The van der Waals surface area contributed by atoms with Crippen LogP contribution in [0.3, 0.4) is 0 Å². The smallest absolute Gasteiger partial charge is 0.314 e. The Hall–Kier alpha value is -3.45.